The van der Waals surface area contributed by atoms with E-state index in [0.29, 0.717) is 12.0 Å². The van der Waals surface area contributed by atoms with E-state index in [1.807, 2.05) is 6.07 Å². The molecule has 0 aliphatic heterocycles. The van der Waals surface area contributed by atoms with E-state index in [4.69, 9.17) is 0 Å². The third-order valence-corrected chi connectivity index (χ3v) is 3.52. The largest absolute Gasteiger partial charge is 0.300 e. The number of hydrogen-bond acceptors (Lipinski definition) is 1. The molecule has 18 heavy (non-hydrogen) atoms. The van der Waals surface area contributed by atoms with Crippen molar-refractivity contribution in [2.45, 2.75) is 45.1 Å². The zero-order valence-corrected chi connectivity index (χ0v) is 12.0. The van der Waals surface area contributed by atoms with Gasteiger partial charge in [0.05, 0.1) is 0 Å². The van der Waals surface area contributed by atoms with Crippen LogP contribution in [-0.4, -0.2) is 24.0 Å². The van der Waals surface area contributed by atoms with Gasteiger partial charge >= 0.3 is 0 Å². The third kappa shape index (κ3) is 3.69. The Bertz CT molecular complexity index is 363. The van der Waals surface area contributed by atoms with Gasteiger partial charge in [-0.3, -0.25) is 4.90 Å². The molecule has 2 atom stereocenters. The average Bonchev–Trinajstić information content (AvgIpc) is 3.09. The second-order valence-corrected chi connectivity index (χ2v) is 5.00. The fourth-order valence-corrected chi connectivity index (χ4v) is 2.70. The van der Waals surface area contributed by atoms with Gasteiger partial charge in [0.2, 0.25) is 0 Å². The van der Waals surface area contributed by atoms with E-state index in [1.54, 1.807) is 6.07 Å². The highest BCUT2D eigenvalue weighted by Gasteiger charge is 2.41. The Balaban J connectivity index is 0.00000162. The number of nitrogens with zero attached hydrogens (tertiary/aromatic N) is 1. The lowest BCUT2D eigenvalue weighted by molar-refractivity contribution is 0.260. The summed E-state index contributed by atoms with van der Waals surface area (Å²) in [5, 5.41) is 0. The van der Waals surface area contributed by atoms with Crippen molar-refractivity contribution in [2.75, 3.05) is 13.1 Å². The highest BCUT2D eigenvalue weighted by Crippen LogP contribution is 2.44. The van der Waals surface area contributed by atoms with Gasteiger partial charge in [0.15, 0.2) is 0 Å². The average molecular weight is 272 g/mol. The molecule has 1 aliphatic rings. The van der Waals surface area contributed by atoms with E-state index in [9.17, 15) is 4.39 Å². The minimum atomic E-state index is -0.106. The van der Waals surface area contributed by atoms with Crippen LogP contribution in [0.4, 0.5) is 4.39 Å². The number of halogens is 2. The molecule has 1 nitrogen and oxygen atoms in total. The maximum Gasteiger partial charge on any atom is 0.123 e. The molecule has 0 heterocycles. The first-order valence-electron chi connectivity index (χ1n) is 6.75. The fraction of sp³-hybridized carbons (Fsp3) is 0.600. The molecule has 1 aliphatic carbocycles. The standard InChI is InChI=1S/C15H22FN.ClH/c1-3-8-17(9-4-2)15-11-14(15)12-6-5-7-13(16)10-12;/h5-7,10,14-15H,3-4,8-9,11H2,1-2H3;1H. The molecule has 0 saturated heterocycles. The lowest BCUT2D eigenvalue weighted by atomic mass is 10.1. The van der Waals surface area contributed by atoms with Gasteiger partial charge in [0.1, 0.15) is 5.82 Å². The van der Waals surface area contributed by atoms with Gasteiger partial charge in [0.25, 0.3) is 0 Å². The van der Waals surface area contributed by atoms with Crippen LogP contribution in [0.25, 0.3) is 0 Å². The van der Waals surface area contributed by atoms with Crippen LogP contribution in [0.5, 0.6) is 0 Å². The van der Waals surface area contributed by atoms with E-state index >= 15 is 0 Å². The molecule has 1 fully saturated rings. The second kappa shape index (κ2) is 7.10. The first-order chi connectivity index (χ1) is 8.26. The van der Waals surface area contributed by atoms with Crippen LogP contribution in [0.1, 0.15) is 44.6 Å². The maximum absolute atomic E-state index is 13.2. The molecule has 2 rings (SSSR count). The van der Waals surface area contributed by atoms with Gasteiger partial charge in [-0.1, -0.05) is 26.0 Å². The molecule has 1 saturated carbocycles. The van der Waals surface area contributed by atoms with Gasteiger partial charge in [-0.25, -0.2) is 4.39 Å². The van der Waals surface area contributed by atoms with Crippen molar-refractivity contribution < 1.29 is 4.39 Å². The van der Waals surface area contributed by atoms with Crippen LogP contribution >= 0.6 is 12.4 Å². The van der Waals surface area contributed by atoms with Gasteiger partial charge in [-0.2, -0.15) is 0 Å². The predicted octanol–water partition coefficient (Wildman–Crippen LogP) is 4.23. The third-order valence-electron chi connectivity index (χ3n) is 3.52. The minimum Gasteiger partial charge on any atom is -0.300 e. The van der Waals surface area contributed by atoms with E-state index in [0.717, 1.165) is 0 Å². The summed E-state index contributed by atoms with van der Waals surface area (Å²) in [6, 6.07) is 7.75. The summed E-state index contributed by atoms with van der Waals surface area (Å²) in [4.78, 5) is 2.57. The van der Waals surface area contributed by atoms with Crippen molar-refractivity contribution >= 4 is 12.4 Å². The summed E-state index contributed by atoms with van der Waals surface area (Å²) in [6.45, 7) is 6.79. The first kappa shape index (κ1) is 15.5. The van der Waals surface area contributed by atoms with Gasteiger partial charge in [-0.15, -0.1) is 12.4 Å². The summed E-state index contributed by atoms with van der Waals surface area (Å²) in [7, 11) is 0. The van der Waals surface area contributed by atoms with Crippen LogP contribution in [0.2, 0.25) is 0 Å². The van der Waals surface area contributed by atoms with Crippen LogP contribution in [0, 0.1) is 5.82 Å². The Morgan fingerprint density at radius 1 is 1.22 bits per heavy atom. The summed E-state index contributed by atoms with van der Waals surface area (Å²) in [5.41, 5.74) is 1.17. The lowest BCUT2D eigenvalue weighted by Gasteiger charge is -2.21. The number of benzene rings is 1. The zero-order valence-electron chi connectivity index (χ0n) is 11.2. The summed E-state index contributed by atoms with van der Waals surface area (Å²) in [5.74, 6) is 0.453. The van der Waals surface area contributed by atoms with Crippen molar-refractivity contribution in [3.8, 4) is 0 Å². The Morgan fingerprint density at radius 2 is 1.89 bits per heavy atom. The zero-order chi connectivity index (χ0) is 12.3. The smallest absolute Gasteiger partial charge is 0.123 e. The normalized spacial score (nSPS) is 21.8. The monoisotopic (exact) mass is 271 g/mol. The summed E-state index contributed by atoms with van der Waals surface area (Å²) < 4.78 is 13.2. The van der Waals surface area contributed by atoms with E-state index in [-0.39, 0.29) is 18.2 Å². The summed E-state index contributed by atoms with van der Waals surface area (Å²) >= 11 is 0. The Hall–Kier alpha value is -0.600. The van der Waals surface area contributed by atoms with Crippen LogP contribution in [0.15, 0.2) is 24.3 Å². The molecule has 2 unspecified atom stereocenters. The lowest BCUT2D eigenvalue weighted by Crippen LogP contribution is -2.28. The topological polar surface area (TPSA) is 3.24 Å². The molecular formula is C15H23ClFN. The van der Waals surface area contributed by atoms with Crippen molar-refractivity contribution in [1.82, 2.24) is 4.90 Å². The van der Waals surface area contributed by atoms with E-state index in [1.165, 1.54) is 44.0 Å². The first-order valence-corrected chi connectivity index (χ1v) is 6.75. The maximum atomic E-state index is 13.2. The fourth-order valence-electron chi connectivity index (χ4n) is 2.70. The number of hydrogen-bond donors (Lipinski definition) is 0. The Labute approximate surface area is 116 Å². The molecule has 1 aromatic rings. The van der Waals surface area contributed by atoms with Gasteiger partial charge < -0.3 is 0 Å². The van der Waals surface area contributed by atoms with E-state index < -0.39 is 0 Å². The molecule has 0 spiro atoms. The highest BCUT2D eigenvalue weighted by molar-refractivity contribution is 5.85. The molecule has 0 aromatic heterocycles. The molecule has 0 N–H and O–H groups in total. The van der Waals surface area contributed by atoms with Crippen molar-refractivity contribution in [3.63, 3.8) is 0 Å². The summed E-state index contributed by atoms with van der Waals surface area (Å²) in [6.07, 6.45) is 3.60. The van der Waals surface area contributed by atoms with Crippen molar-refractivity contribution in [3.05, 3.63) is 35.6 Å². The molecule has 0 bridgehead atoms. The SMILES string of the molecule is CCCN(CCC)C1CC1c1cccc(F)c1.Cl. The Morgan fingerprint density at radius 3 is 2.44 bits per heavy atom. The molecule has 1 aromatic carbocycles. The van der Waals surface area contributed by atoms with Crippen LogP contribution in [-0.2, 0) is 0 Å². The van der Waals surface area contributed by atoms with Crippen LogP contribution in [0.3, 0.4) is 0 Å². The minimum absolute atomic E-state index is 0. The highest BCUT2D eigenvalue weighted by atomic mass is 35.5. The quantitative estimate of drug-likeness (QED) is 0.749. The molecule has 0 amide bonds. The second-order valence-electron chi connectivity index (χ2n) is 5.00. The van der Waals surface area contributed by atoms with Crippen LogP contribution < -0.4 is 0 Å². The van der Waals surface area contributed by atoms with Crippen molar-refractivity contribution in [1.29, 1.82) is 0 Å². The van der Waals surface area contributed by atoms with Gasteiger partial charge in [-0.05, 0) is 50.0 Å². The van der Waals surface area contributed by atoms with Crippen molar-refractivity contribution in [2.24, 2.45) is 0 Å². The molecular weight excluding hydrogens is 249 g/mol. The van der Waals surface area contributed by atoms with Gasteiger partial charge in [0, 0.05) is 12.0 Å². The van der Waals surface area contributed by atoms with E-state index in [2.05, 4.69) is 24.8 Å². The number of rotatable bonds is 6. The molecule has 102 valence electrons. The molecule has 0 radical (unpaired) electrons. The predicted molar refractivity (Wildman–Crippen MR) is 76.9 cm³/mol. The Kier molecular flexibility index (Phi) is 6.10. The molecule has 3 heteroatoms.